The Bertz CT molecular complexity index is 473. The minimum Gasteiger partial charge on any atom is -0.369 e. The third kappa shape index (κ3) is 4.70. The maximum atomic E-state index is 14.5. The van der Waals surface area contributed by atoms with E-state index >= 15 is 0 Å². The van der Waals surface area contributed by atoms with E-state index in [1.807, 2.05) is 6.07 Å². The Kier molecular flexibility index (Phi) is 6.25. The van der Waals surface area contributed by atoms with Gasteiger partial charge >= 0.3 is 0 Å². The van der Waals surface area contributed by atoms with E-state index in [0.717, 1.165) is 43.7 Å². The van der Waals surface area contributed by atoms with Gasteiger partial charge in [-0.1, -0.05) is 26.8 Å². The fourth-order valence-electron chi connectivity index (χ4n) is 3.16. The molecule has 0 spiro atoms. The first-order valence-corrected chi connectivity index (χ1v) is 8.75. The molecule has 1 aliphatic rings. The minimum atomic E-state index is -0.0795. The molecule has 1 aromatic carbocycles. The predicted octanol–water partition coefficient (Wildman–Crippen LogP) is 4.76. The third-order valence-electron chi connectivity index (χ3n) is 4.64. The summed E-state index contributed by atoms with van der Waals surface area (Å²) in [6.45, 7) is 11.7. The Morgan fingerprint density at radius 3 is 2.73 bits per heavy atom. The van der Waals surface area contributed by atoms with E-state index in [1.165, 1.54) is 6.42 Å². The highest BCUT2D eigenvalue weighted by molar-refractivity contribution is 5.50. The van der Waals surface area contributed by atoms with Crippen LogP contribution >= 0.6 is 0 Å². The number of nitrogens with zero attached hydrogens (tertiary/aromatic N) is 1. The predicted molar refractivity (Wildman–Crippen MR) is 92.9 cm³/mol. The highest BCUT2D eigenvalue weighted by atomic mass is 19.1. The van der Waals surface area contributed by atoms with Crippen LogP contribution in [0.5, 0.6) is 0 Å². The molecular formula is C19H31FN2. The second-order valence-electron chi connectivity index (χ2n) is 7.26. The van der Waals surface area contributed by atoms with Crippen molar-refractivity contribution in [2.75, 3.05) is 24.5 Å². The summed E-state index contributed by atoms with van der Waals surface area (Å²) in [4.78, 5) is 2.20. The normalized spacial score (nSPS) is 20.5. The molecule has 22 heavy (non-hydrogen) atoms. The van der Waals surface area contributed by atoms with Crippen molar-refractivity contribution < 1.29 is 4.39 Å². The van der Waals surface area contributed by atoms with Crippen LogP contribution in [0, 0.1) is 17.7 Å². The zero-order valence-electron chi connectivity index (χ0n) is 14.5. The largest absolute Gasteiger partial charge is 0.369 e. The van der Waals surface area contributed by atoms with Gasteiger partial charge in [0.15, 0.2) is 0 Å². The molecule has 0 amide bonds. The molecule has 0 aromatic heterocycles. The first-order valence-electron chi connectivity index (χ1n) is 8.75. The van der Waals surface area contributed by atoms with Crippen molar-refractivity contribution in [3.05, 3.63) is 29.6 Å². The lowest BCUT2D eigenvalue weighted by molar-refractivity contribution is 0.441. The van der Waals surface area contributed by atoms with Gasteiger partial charge in [0.1, 0.15) is 5.82 Å². The molecule has 0 aliphatic carbocycles. The van der Waals surface area contributed by atoms with Gasteiger partial charge in [-0.3, -0.25) is 0 Å². The first-order chi connectivity index (χ1) is 10.5. The molecule has 2 atom stereocenters. The van der Waals surface area contributed by atoms with Crippen LogP contribution in [0.15, 0.2) is 18.2 Å². The number of rotatable bonds is 6. The molecule has 3 heteroatoms. The van der Waals surface area contributed by atoms with E-state index in [4.69, 9.17) is 0 Å². The van der Waals surface area contributed by atoms with Crippen molar-refractivity contribution in [1.82, 2.24) is 5.32 Å². The number of hydrogen-bond acceptors (Lipinski definition) is 2. The molecule has 0 bridgehead atoms. The van der Waals surface area contributed by atoms with Crippen LogP contribution in [0.1, 0.15) is 58.6 Å². The smallest absolute Gasteiger partial charge is 0.146 e. The number of benzene rings is 1. The monoisotopic (exact) mass is 306 g/mol. The Hall–Kier alpha value is -1.09. The van der Waals surface area contributed by atoms with Gasteiger partial charge in [0.25, 0.3) is 0 Å². The van der Waals surface area contributed by atoms with Crippen LogP contribution in [0.2, 0.25) is 0 Å². The van der Waals surface area contributed by atoms with Gasteiger partial charge in [0, 0.05) is 19.1 Å². The average Bonchev–Trinajstić information content (AvgIpc) is 2.46. The third-order valence-corrected chi connectivity index (χ3v) is 4.64. The van der Waals surface area contributed by atoms with E-state index in [9.17, 15) is 4.39 Å². The second kappa shape index (κ2) is 7.96. The van der Waals surface area contributed by atoms with E-state index in [1.54, 1.807) is 6.07 Å². The number of piperidine rings is 1. The molecule has 0 saturated carbocycles. The van der Waals surface area contributed by atoms with E-state index in [0.29, 0.717) is 11.8 Å². The Morgan fingerprint density at radius 1 is 1.32 bits per heavy atom. The minimum absolute atomic E-state index is 0.0795. The Labute approximate surface area is 135 Å². The van der Waals surface area contributed by atoms with Crippen LogP contribution in [-0.2, 0) is 0 Å². The summed E-state index contributed by atoms with van der Waals surface area (Å²) in [5.74, 6) is 1.27. The van der Waals surface area contributed by atoms with Crippen LogP contribution in [-0.4, -0.2) is 19.6 Å². The topological polar surface area (TPSA) is 15.3 Å². The van der Waals surface area contributed by atoms with Crippen LogP contribution in [0.4, 0.5) is 10.1 Å². The SMILES string of the molecule is CC(C)CCN[C@@H](C)c1ccc(N2CCC[C@H](C)C2)c(F)c1. The Balaban J connectivity index is 1.99. The zero-order valence-corrected chi connectivity index (χ0v) is 14.5. The van der Waals surface area contributed by atoms with Gasteiger partial charge in [-0.15, -0.1) is 0 Å². The molecule has 2 rings (SSSR count). The van der Waals surface area contributed by atoms with Crippen molar-refractivity contribution in [3.8, 4) is 0 Å². The molecule has 1 fully saturated rings. The molecule has 0 unspecified atom stereocenters. The maximum Gasteiger partial charge on any atom is 0.146 e. The molecule has 124 valence electrons. The van der Waals surface area contributed by atoms with E-state index in [-0.39, 0.29) is 11.9 Å². The van der Waals surface area contributed by atoms with Crippen molar-refractivity contribution in [2.45, 2.75) is 53.0 Å². The summed E-state index contributed by atoms with van der Waals surface area (Å²) in [5.41, 5.74) is 1.81. The fourth-order valence-corrected chi connectivity index (χ4v) is 3.16. The molecule has 1 aromatic rings. The highest BCUT2D eigenvalue weighted by Gasteiger charge is 2.19. The lowest BCUT2D eigenvalue weighted by atomic mass is 9.99. The van der Waals surface area contributed by atoms with Gasteiger partial charge < -0.3 is 10.2 Å². The van der Waals surface area contributed by atoms with Crippen LogP contribution in [0.3, 0.4) is 0 Å². The lowest BCUT2D eigenvalue weighted by Crippen LogP contribution is -2.34. The molecule has 1 aliphatic heterocycles. The standard InChI is InChI=1S/C19H31FN2/c1-14(2)9-10-21-16(4)17-7-8-19(18(20)12-17)22-11-5-6-15(3)13-22/h7-8,12,14-16,21H,5-6,9-11,13H2,1-4H3/t15-,16-/m0/s1. The van der Waals surface area contributed by atoms with Crippen molar-refractivity contribution in [2.24, 2.45) is 11.8 Å². The number of hydrogen-bond donors (Lipinski definition) is 1. The average molecular weight is 306 g/mol. The van der Waals surface area contributed by atoms with E-state index in [2.05, 4.69) is 44.0 Å². The van der Waals surface area contributed by atoms with Crippen molar-refractivity contribution in [1.29, 1.82) is 0 Å². The molecule has 1 heterocycles. The van der Waals surface area contributed by atoms with Gasteiger partial charge in [0.2, 0.25) is 0 Å². The van der Waals surface area contributed by atoms with Crippen LogP contribution in [0.25, 0.3) is 0 Å². The summed E-state index contributed by atoms with van der Waals surface area (Å²) in [6, 6.07) is 5.94. The number of anilines is 1. The first kappa shape index (κ1) is 17.3. The molecule has 1 saturated heterocycles. The number of halogens is 1. The Morgan fingerprint density at radius 2 is 2.09 bits per heavy atom. The molecule has 2 nitrogen and oxygen atoms in total. The summed E-state index contributed by atoms with van der Waals surface area (Å²) < 4.78 is 14.5. The zero-order chi connectivity index (χ0) is 16.1. The second-order valence-corrected chi connectivity index (χ2v) is 7.26. The summed E-state index contributed by atoms with van der Waals surface area (Å²) >= 11 is 0. The van der Waals surface area contributed by atoms with E-state index < -0.39 is 0 Å². The van der Waals surface area contributed by atoms with Crippen molar-refractivity contribution >= 4 is 5.69 Å². The lowest BCUT2D eigenvalue weighted by Gasteiger charge is -2.33. The summed E-state index contributed by atoms with van der Waals surface area (Å²) in [6.07, 6.45) is 3.57. The van der Waals surface area contributed by atoms with Gasteiger partial charge in [0.05, 0.1) is 5.69 Å². The van der Waals surface area contributed by atoms with Crippen LogP contribution < -0.4 is 10.2 Å². The number of nitrogens with one attached hydrogen (secondary N) is 1. The summed E-state index contributed by atoms with van der Waals surface area (Å²) in [5, 5.41) is 3.48. The van der Waals surface area contributed by atoms with Gasteiger partial charge in [-0.2, -0.15) is 0 Å². The fraction of sp³-hybridized carbons (Fsp3) is 0.684. The summed E-state index contributed by atoms with van der Waals surface area (Å²) in [7, 11) is 0. The van der Waals surface area contributed by atoms with Crippen molar-refractivity contribution in [3.63, 3.8) is 0 Å². The van der Waals surface area contributed by atoms with Gasteiger partial charge in [-0.25, -0.2) is 4.39 Å². The highest BCUT2D eigenvalue weighted by Crippen LogP contribution is 2.27. The molecular weight excluding hydrogens is 275 g/mol. The maximum absolute atomic E-state index is 14.5. The molecule has 0 radical (unpaired) electrons. The van der Waals surface area contributed by atoms with Gasteiger partial charge in [-0.05, 0) is 62.3 Å². The quantitative estimate of drug-likeness (QED) is 0.815. The molecule has 1 N–H and O–H groups in total.